The van der Waals surface area contributed by atoms with Crippen molar-refractivity contribution in [1.29, 1.82) is 5.41 Å². The number of aliphatic imine (C=N–C) groups is 2. The zero-order chi connectivity index (χ0) is 60.1. The van der Waals surface area contributed by atoms with E-state index in [9.17, 15) is 63.9 Å². The Hall–Kier alpha value is -9.75. The van der Waals surface area contributed by atoms with Gasteiger partial charge in [0.15, 0.2) is 0 Å². The zero-order valence-corrected chi connectivity index (χ0v) is 44.9. The van der Waals surface area contributed by atoms with Gasteiger partial charge in [-0.1, -0.05) is 31.2 Å². The van der Waals surface area contributed by atoms with Gasteiger partial charge < -0.3 is 81.9 Å². The maximum absolute atomic E-state index is 13.5. The molecule has 0 saturated heterocycles. The Balaban J connectivity index is 0.00000139. The Labute approximate surface area is 465 Å². The normalized spacial score (nSPS) is 13.1. The summed E-state index contributed by atoms with van der Waals surface area (Å²) in [6, 6.07) is 16.3. The number of hydrogen-bond donors (Lipinski definition) is 13. The number of urea groups is 1. The number of carbonyl (C=O) groups excluding carboxylic acids is 3. The maximum Gasteiger partial charge on any atom is 0.326 e. The van der Waals surface area contributed by atoms with E-state index in [2.05, 4.69) is 26.3 Å². The molecule has 26 heteroatoms. The van der Waals surface area contributed by atoms with E-state index in [1.54, 1.807) is 75.2 Å². The summed E-state index contributed by atoms with van der Waals surface area (Å²) < 4.78 is 15.5. The standard InChI is InChI=1S/C47H59N7O16.C8H9NO2/c1-47(26-48-24-29-7-6-8-32(19-29)69-2,27-49-25-30-20-33(70-3)14-16-38(30)55)23-28-10-12-31(13-11-28)51-37(22-41(60)61)43(63)52-36(21-40(58)59)42(62)50-18-5-4-9-34(44(64)65)53-46(68)54-35(45(66)67)15-17-39(56)57;1-11-7-2-3-8(10)6(4-7)5-9/h6-8,10-14,16,19-20,24-25,34-37,51,55H,4-5,9,15,17-18,21-23,26-27H2,1-3H3,(H,50,62)(H,52,63)(H,56,57)(H,58,59)(H,60,61)(H,64,65)(H,66,67)(H2,53,54,68);2-5,9-10H,1H3. The van der Waals surface area contributed by atoms with Crippen molar-refractivity contribution in [3.63, 3.8) is 0 Å². The number of carboxylic acids is 5. The highest BCUT2D eigenvalue weighted by atomic mass is 16.5. The van der Waals surface area contributed by atoms with E-state index in [4.69, 9.17) is 34.8 Å². The summed E-state index contributed by atoms with van der Waals surface area (Å²) in [5, 5.41) is 84.9. The van der Waals surface area contributed by atoms with Gasteiger partial charge in [-0.3, -0.25) is 34.0 Å². The van der Waals surface area contributed by atoms with Crippen LogP contribution in [0.3, 0.4) is 0 Å². The summed E-state index contributed by atoms with van der Waals surface area (Å²) in [7, 11) is 4.62. The van der Waals surface area contributed by atoms with Crippen molar-refractivity contribution in [1.82, 2.24) is 21.3 Å². The number of hydrogen-bond acceptors (Lipinski definition) is 17. The fraction of sp³-hybridized carbons (Fsp3) is 0.364. The number of unbranched alkanes of at least 4 members (excludes halogenated alkanes) is 1. The third-order valence-electron chi connectivity index (χ3n) is 11.8. The summed E-state index contributed by atoms with van der Waals surface area (Å²) in [6.45, 7) is 2.48. The molecule has 4 aromatic carbocycles. The molecule has 0 aromatic heterocycles. The van der Waals surface area contributed by atoms with Crippen molar-refractivity contribution in [2.75, 3.05) is 46.3 Å². The molecule has 0 saturated carbocycles. The highest BCUT2D eigenvalue weighted by molar-refractivity contribution is 5.95. The van der Waals surface area contributed by atoms with Gasteiger partial charge in [-0.2, -0.15) is 0 Å². The van der Waals surface area contributed by atoms with Gasteiger partial charge in [0.05, 0.1) is 34.2 Å². The molecule has 0 aliphatic heterocycles. The number of anilines is 1. The molecule has 4 aromatic rings. The zero-order valence-electron chi connectivity index (χ0n) is 44.9. The number of carboxylic acid groups (broad SMARTS) is 5. The van der Waals surface area contributed by atoms with E-state index in [1.165, 1.54) is 19.2 Å². The summed E-state index contributed by atoms with van der Waals surface area (Å²) >= 11 is 0. The van der Waals surface area contributed by atoms with E-state index in [0.717, 1.165) is 17.3 Å². The Morgan fingerprint density at radius 3 is 1.70 bits per heavy atom. The molecule has 0 radical (unpaired) electrons. The van der Waals surface area contributed by atoms with Gasteiger partial charge in [-0.15, -0.1) is 0 Å². The summed E-state index contributed by atoms with van der Waals surface area (Å²) in [6.07, 6.45) is 2.18. The van der Waals surface area contributed by atoms with Gasteiger partial charge in [0, 0.05) is 66.9 Å². The topological polar surface area (TPSA) is 415 Å². The van der Waals surface area contributed by atoms with E-state index in [-0.39, 0.29) is 43.9 Å². The second-order valence-electron chi connectivity index (χ2n) is 18.5. The van der Waals surface area contributed by atoms with Gasteiger partial charge in [0.2, 0.25) is 11.8 Å². The lowest BCUT2D eigenvalue weighted by atomic mass is 9.83. The van der Waals surface area contributed by atoms with Crippen LogP contribution in [-0.2, 0) is 40.0 Å². The number of phenolic OH excluding ortho intramolecular Hbond substituents is 2. The molecule has 26 nitrogen and oxygen atoms in total. The molecule has 4 amide bonds. The molecule has 4 rings (SSSR count). The molecule has 0 aliphatic carbocycles. The minimum Gasteiger partial charge on any atom is -0.507 e. The predicted molar refractivity (Wildman–Crippen MR) is 295 cm³/mol. The Kier molecular flexibility index (Phi) is 27.1. The summed E-state index contributed by atoms with van der Waals surface area (Å²) in [5.41, 5.74) is 2.34. The van der Waals surface area contributed by atoms with E-state index >= 15 is 0 Å². The first-order valence-corrected chi connectivity index (χ1v) is 25.0. The van der Waals surface area contributed by atoms with Crippen molar-refractivity contribution < 1.29 is 88.3 Å². The molecule has 5 atom stereocenters. The van der Waals surface area contributed by atoms with Crippen LogP contribution in [-0.4, -0.2) is 167 Å². The molecular formula is C55H68N8O18. The lowest BCUT2D eigenvalue weighted by Crippen LogP contribution is -2.52. The molecular weight excluding hydrogens is 1060 g/mol. The average Bonchev–Trinajstić information content (AvgIpc) is 3.42. The van der Waals surface area contributed by atoms with E-state index < -0.39 is 103 Å². The number of nitrogens with zero attached hydrogens (tertiary/aromatic N) is 2. The van der Waals surface area contributed by atoms with Crippen LogP contribution < -0.4 is 40.8 Å². The molecule has 0 aliphatic rings. The molecule has 13 N–H and O–H groups in total. The van der Waals surface area contributed by atoms with Crippen molar-refractivity contribution >= 4 is 72.0 Å². The van der Waals surface area contributed by atoms with Crippen molar-refractivity contribution in [3.8, 4) is 28.7 Å². The van der Waals surface area contributed by atoms with Crippen molar-refractivity contribution in [2.45, 2.75) is 82.5 Å². The van der Waals surface area contributed by atoms with Crippen molar-refractivity contribution in [2.24, 2.45) is 15.4 Å². The number of phenols is 2. The highest BCUT2D eigenvalue weighted by Crippen LogP contribution is 2.27. The van der Waals surface area contributed by atoms with Gasteiger partial charge in [-0.05, 0) is 104 Å². The van der Waals surface area contributed by atoms with Crippen molar-refractivity contribution in [3.05, 3.63) is 107 Å². The van der Waals surface area contributed by atoms with Crippen LogP contribution in [0.1, 0.15) is 74.1 Å². The molecule has 0 spiro atoms. The largest absolute Gasteiger partial charge is 0.507 e. The Morgan fingerprint density at radius 2 is 1.15 bits per heavy atom. The van der Waals surface area contributed by atoms with Gasteiger partial charge >= 0.3 is 35.9 Å². The molecule has 0 bridgehead atoms. The van der Waals surface area contributed by atoms with Crippen LogP contribution in [0.15, 0.2) is 94.9 Å². The number of amides is 4. The summed E-state index contributed by atoms with van der Waals surface area (Å²) in [4.78, 5) is 106. The lowest BCUT2D eigenvalue weighted by Gasteiger charge is -2.26. The number of methoxy groups -OCH3 is 3. The highest BCUT2D eigenvalue weighted by Gasteiger charge is 2.30. The fourth-order valence-electron chi connectivity index (χ4n) is 7.56. The van der Waals surface area contributed by atoms with Crippen LogP contribution in [0.5, 0.6) is 28.7 Å². The average molecular weight is 1130 g/mol. The first kappa shape index (κ1) is 65.5. The minimum atomic E-state index is -1.65. The predicted octanol–water partition coefficient (Wildman–Crippen LogP) is 4.17. The molecule has 436 valence electrons. The smallest absolute Gasteiger partial charge is 0.326 e. The van der Waals surface area contributed by atoms with Gasteiger partial charge in [0.25, 0.3) is 0 Å². The van der Waals surface area contributed by atoms with Gasteiger partial charge in [-0.25, -0.2) is 14.4 Å². The Morgan fingerprint density at radius 1 is 0.605 bits per heavy atom. The second kappa shape index (κ2) is 33.5. The maximum atomic E-state index is 13.5. The number of aliphatic carboxylic acids is 5. The lowest BCUT2D eigenvalue weighted by molar-refractivity contribution is -0.142. The van der Waals surface area contributed by atoms with E-state index in [0.29, 0.717) is 47.0 Å². The Bertz CT molecular complexity index is 2860. The molecule has 5 unspecified atom stereocenters. The number of nitrogens with one attached hydrogen (secondary N) is 6. The second-order valence-corrected chi connectivity index (χ2v) is 18.5. The van der Waals surface area contributed by atoms with Crippen LogP contribution >= 0.6 is 0 Å². The number of ether oxygens (including phenoxy) is 3. The first-order valence-electron chi connectivity index (χ1n) is 25.0. The molecule has 0 fully saturated rings. The minimum absolute atomic E-state index is 0.0225. The number of rotatable bonds is 33. The van der Waals surface area contributed by atoms with E-state index in [1.807, 2.05) is 36.5 Å². The fourth-order valence-corrected chi connectivity index (χ4v) is 7.56. The van der Waals surface area contributed by atoms with Crippen LogP contribution in [0, 0.1) is 10.8 Å². The first-order chi connectivity index (χ1) is 38.5. The monoisotopic (exact) mass is 1130 g/mol. The third kappa shape index (κ3) is 24.2. The third-order valence-corrected chi connectivity index (χ3v) is 11.8. The quantitative estimate of drug-likeness (QED) is 0.0235. The van der Waals surface area contributed by atoms with Crippen LogP contribution in [0.25, 0.3) is 0 Å². The van der Waals surface area contributed by atoms with Crippen LogP contribution in [0.2, 0.25) is 0 Å². The van der Waals surface area contributed by atoms with Crippen LogP contribution in [0.4, 0.5) is 10.5 Å². The summed E-state index contributed by atoms with van der Waals surface area (Å²) in [5.74, 6) is -7.06. The van der Waals surface area contributed by atoms with Gasteiger partial charge in [0.1, 0.15) is 52.9 Å². The molecule has 0 heterocycles. The SMILES string of the molecule is COc1ccc(O)c(C=N)c1.COc1cccc(C=NCC(C)(CN=Cc2cc(OC)ccc2O)Cc2ccc(NC(CC(=O)O)C(=O)NC(CC(=O)O)C(=O)NCCCCC(NC(=O)NC(CCC(=O)O)C(=O)O)C(=O)O)cc2)c1. The number of carbonyl (C=O) groups is 8. The molecule has 81 heavy (non-hydrogen) atoms. The number of aromatic hydroxyl groups is 2. The number of benzene rings is 4.